The summed E-state index contributed by atoms with van der Waals surface area (Å²) in [5.74, 6) is 2.01. The molecular weight excluding hydrogens is 509 g/mol. The third-order valence-electron chi connectivity index (χ3n) is 4.64. The Kier molecular flexibility index (Phi) is 6.58. The van der Waals surface area contributed by atoms with Crippen LogP contribution in [0.5, 0.6) is 0 Å². The van der Waals surface area contributed by atoms with Gasteiger partial charge in [0.15, 0.2) is 11.6 Å². The number of anilines is 2. The van der Waals surface area contributed by atoms with Gasteiger partial charge in [-0.3, -0.25) is 0 Å². The lowest BCUT2D eigenvalue weighted by atomic mass is 10.2. The molecule has 1 unspecified atom stereocenters. The van der Waals surface area contributed by atoms with Crippen LogP contribution in [0.25, 0.3) is 0 Å². The number of amidine groups is 1. The van der Waals surface area contributed by atoms with Crippen LogP contribution in [0.1, 0.15) is 19.0 Å². The van der Waals surface area contributed by atoms with Crippen LogP contribution in [-0.2, 0) is 14.4 Å². The standard InChI is InChI=1S/C19H17BrFN5O5S/c1-11-3-2-8-32(11)19(28)29-7-6-22-17-16(23-31-24-17)18-25-30-15(10-27)26(18)12-4-5-14(21)13(20)9-12/h3-5,9,32H,2,6-8H2,1H3,(H,22,24). The molecule has 0 spiro atoms. The second-order valence-electron chi connectivity index (χ2n) is 6.64. The molecule has 0 amide bonds. The van der Waals surface area contributed by atoms with Gasteiger partial charge in [0.2, 0.25) is 11.7 Å². The molecular formula is C19H17BrFN5O5S. The molecule has 1 N–H and O–H groups in total. The molecule has 4 rings (SSSR count). The van der Waals surface area contributed by atoms with Gasteiger partial charge in [0, 0.05) is 0 Å². The van der Waals surface area contributed by atoms with Crippen LogP contribution in [0.15, 0.2) is 49.3 Å². The monoisotopic (exact) mass is 525 g/mol. The molecule has 0 radical (unpaired) electrons. The van der Waals surface area contributed by atoms with Crippen molar-refractivity contribution in [1.29, 1.82) is 0 Å². The summed E-state index contributed by atoms with van der Waals surface area (Å²) in [6, 6.07) is 4.09. The van der Waals surface area contributed by atoms with Crippen LogP contribution in [0, 0.1) is 5.82 Å². The zero-order chi connectivity index (χ0) is 22.7. The van der Waals surface area contributed by atoms with E-state index in [1.807, 2.05) is 6.92 Å². The number of nitrogens with one attached hydrogen (secondary N) is 1. The van der Waals surface area contributed by atoms with E-state index in [9.17, 15) is 14.0 Å². The van der Waals surface area contributed by atoms with Crippen molar-refractivity contribution >= 4 is 55.4 Å². The third kappa shape index (κ3) is 4.40. The van der Waals surface area contributed by atoms with Crippen LogP contribution in [0.4, 0.5) is 20.7 Å². The van der Waals surface area contributed by atoms with E-state index >= 15 is 0 Å². The Morgan fingerprint density at radius 1 is 1.44 bits per heavy atom. The van der Waals surface area contributed by atoms with Crippen LogP contribution < -0.4 is 10.2 Å². The minimum absolute atomic E-state index is 0.0813. The van der Waals surface area contributed by atoms with Crippen LogP contribution in [0.2, 0.25) is 0 Å². The van der Waals surface area contributed by atoms with Crippen LogP contribution in [-0.4, -0.2) is 46.3 Å². The van der Waals surface area contributed by atoms with Crippen molar-refractivity contribution in [3.63, 3.8) is 0 Å². The average Bonchev–Trinajstić information content (AvgIpc) is 3.51. The molecule has 0 aliphatic carbocycles. The summed E-state index contributed by atoms with van der Waals surface area (Å²) >= 11 is 3.11. The SMILES string of the molecule is CC1=CCC[SH]1C(=O)OCCNc1nonc1C1=NOC(=C=O)N1c1ccc(F)c(Br)c1. The Balaban J connectivity index is 1.45. The highest BCUT2D eigenvalue weighted by Gasteiger charge is 2.34. The van der Waals surface area contributed by atoms with Gasteiger partial charge in [-0.2, -0.15) is 0 Å². The van der Waals surface area contributed by atoms with E-state index in [1.165, 1.54) is 23.1 Å². The van der Waals surface area contributed by atoms with Crippen LogP contribution >= 0.6 is 26.8 Å². The Bertz CT molecular complexity index is 1160. The lowest BCUT2D eigenvalue weighted by Crippen LogP contribution is -2.28. The molecule has 0 saturated carbocycles. The molecule has 3 heterocycles. The number of ether oxygens (including phenoxy) is 1. The summed E-state index contributed by atoms with van der Waals surface area (Å²) in [6.07, 6.45) is 2.97. The number of carbonyl (C=O) groups is 1. The predicted octanol–water partition coefficient (Wildman–Crippen LogP) is 3.70. The Morgan fingerprint density at radius 2 is 2.28 bits per heavy atom. The van der Waals surface area contributed by atoms with Gasteiger partial charge in [0.25, 0.3) is 0 Å². The van der Waals surface area contributed by atoms with Crippen molar-refractivity contribution in [2.75, 3.05) is 29.1 Å². The molecule has 10 nitrogen and oxygen atoms in total. The maximum atomic E-state index is 13.7. The normalized spacial score (nSPS) is 18.7. The topological polar surface area (TPSA) is 119 Å². The molecule has 0 saturated heterocycles. The second-order valence-corrected chi connectivity index (χ2v) is 9.86. The smallest absolute Gasteiger partial charge is 0.350 e. The summed E-state index contributed by atoms with van der Waals surface area (Å²) in [5, 5.41) is 14.2. The zero-order valence-corrected chi connectivity index (χ0v) is 19.2. The van der Waals surface area contributed by atoms with Gasteiger partial charge < -0.3 is 14.9 Å². The largest absolute Gasteiger partial charge is 0.457 e. The van der Waals surface area contributed by atoms with E-state index < -0.39 is 16.7 Å². The maximum absolute atomic E-state index is 13.7. The Hall–Kier alpha value is -3.15. The van der Waals surface area contributed by atoms with Crippen molar-refractivity contribution in [1.82, 2.24) is 10.3 Å². The van der Waals surface area contributed by atoms with Gasteiger partial charge in [-0.05, 0) is 68.4 Å². The summed E-state index contributed by atoms with van der Waals surface area (Å²) in [7, 11) is -0.873. The fourth-order valence-corrected chi connectivity index (χ4v) is 5.28. The number of benzene rings is 1. The molecule has 1 atom stereocenters. The number of hydrogen-bond donors (Lipinski definition) is 2. The molecule has 2 aromatic rings. The Morgan fingerprint density at radius 3 is 3.00 bits per heavy atom. The maximum Gasteiger partial charge on any atom is 0.350 e. The molecule has 13 heteroatoms. The minimum atomic E-state index is -0.873. The van der Waals surface area contributed by atoms with Crippen molar-refractivity contribution in [2.24, 2.45) is 5.16 Å². The number of carbonyl (C=O) groups excluding carboxylic acids is 2. The predicted molar refractivity (Wildman–Crippen MR) is 120 cm³/mol. The number of aromatic nitrogens is 2. The van der Waals surface area contributed by atoms with E-state index in [-0.39, 0.29) is 46.2 Å². The molecule has 168 valence electrons. The van der Waals surface area contributed by atoms with Crippen molar-refractivity contribution in [3.8, 4) is 0 Å². The van der Waals surface area contributed by atoms with Gasteiger partial charge in [-0.1, -0.05) is 11.2 Å². The molecule has 32 heavy (non-hydrogen) atoms. The van der Waals surface area contributed by atoms with Gasteiger partial charge in [0.1, 0.15) is 12.4 Å². The second kappa shape index (κ2) is 9.55. The fraction of sp³-hybridized carbons (Fsp3) is 0.263. The van der Waals surface area contributed by atoms with E-state index in [2.05, 4.69) is 42.8 Å². The quantitative estimate of drug-likeness (QED) is 0.251. The summed E-state index contributed by atoms with van der Waals surface area (Å²) in [5.41, 5.74) is 0.513. The highest BCUT2D eigenvalue weighted by Crippen LogP contribution is 2.42. The molecule has 1 aromatic heterocycles. The summed E-state index contributed by atoms with van der Waals surface area (Å²) < 4.78 is 24.0. The van der Waals surface area contributed by atoms with Crippen molar-refractivity contribution < 1.29 is 28.2 Å². The lowest BCUT2D eigenvalue weighted by Gasteiger charge is -2.17. The van der Waals surface area contributed by atoms with Crippen molar-refractivity contribution in [2.45, 2.75) is 13.3 Å². The molecule has 1 aromatic carbocycles. The number of oxime groups is 1. The first-order valence-corrected chi connectivity index (χ1v) is 11.7. The lowest BCUT2D eigenvalue weighted by molar-refractivity contribution is 0.179. The number of rotatable bonds is 6. The number of thiol groups is 1. The number of nitrogens with zero attached hydrogens (tertiary/aromatic N) is 4. The number of halogens is 2. The first-order chi connectivity index (χ1) is 15.5. The summed E-state index contributed by atoms with van der Waals surface area (Å²) in [6.45, 7) is 2.31. The van der Waals surface area contributed by atoms with E-state index in [0.29, 0.717) is 5.69 Å². The number of hydrogen-bond acceptors (Lipinski definition) is 10. The molecule has 2 aliphatic rings. The zero-order valence-electron chi connectivity index (χ0n) is 16.7. The van der Waals surface area contributed by atoms with Gasteiger partial charge in [-0.25, -0.2) is 23.5 Å². The van der Waals surface area contributed by atoms with Crippen LogP contribution in [0.3, 0.4) is 0 Å². The third-order valence-corrected chi connectivity index (χ3v) is 7.56. The van der Waals surface area contributed by atoms with Gasteiger partial charge in [0.05, 0.1) is 16.7 Å². The first-order valence-electron chi connectivity index (χ1n) is 9.42. The van der Waals surface area contributed by atoms with Gasteiger partial charge >= 0.3 is 11.2 Å². The number of allylic oxidation sites excluding steroid dienone is 2. The average molecular weight is 526 g/mol. The fourth-order valence-electron chi connectivity index (χ4n) is 3.10. The highest BCUT2D eigenvalue weighted by atomic mass is 79.9. The minimum Gasteiger partial charge on any atom is -0.457 e. The Labute approximate surface area is 192 Å². The van der Waals surface area contributed by atoms with Gasteiger partial charge in [-0.15, -0.1) is 10.9 Å². The first kappa shape index (κ1) is 22.1. The summed E-state index contributed by atoms with van der Waals surface area (Å²) in [4.78, 5) is 31.0. The van der Waals surface area contributed by atoms with E-state index in [0.717, 1.165) is 17.1 Å². The van der Waals surface area contributed by atoms with E-state index in [4.69, 9.17) is 14.2 Å². The van der Waals surface area contributed by atoms with Crippen molar-refractivity contribution in [3.05, 3.63) is 51.0 Å². The molecule has 0 bridgehead atoms. The van der Waals surface area contributed by atoms with E-state index in [1.54, 1.807) is 5.94 Å². The highest BCUT2D eigenvalue weighted by molar-refractivity contribution is 9.10. The molecule has 0 fully saturated rings. The molecule has 2 aliphatic heterocycles.